The molecule has 0 spiro atoms. The zero-order valence-corrected chi connectivity index (χ0v) is 27.8. The van der Waals surface area contributed by atoms with Crippen molar-refractivity contribution in [3.8, 4) is 5.69 Å². The lowest BCUT2D eigenvalue weighted by atomic mass is 10.0. The lowest BCUT2D eigenvalue weighted by Gasteiger charge is -2.37. The van der Waals surface area contributed by atoms with E-state index in [0.717, 1.165) is 19.5 Å². The predicted molar refractivity (Wildman–Crippen MR) is 175 cm³/mol. The number of urea groups is 1. The number of nitrogens with one attached hydrogen (secondary N) is 2. The summed E-state index contributed by atoms with van der Waals surface area (Å²) in [5, 5.41) is 5.62. The average Bonchev–Trinajstić information content (AvgIpc) is 3.42. The molecular formula is C33H48N8O5. The first kappa shape index (κ1) is 33.4. The van der Waals surface area contributed by atoms with Crippen LogP contribution in [0.2, 0.25) is 0 Å². The summed E-state index contributed by atoms with van der Waals surface area (Å²) in [5.74, 6) is 1.79. The number of piperazine rings is 1. The summed E-state index contributed by atoms with van der Waals surface area (Å²) in [6, 6.07) is 9.50. The minimum atomic E-state index is -0.957. The molecule has 3 heterocycles. The molecule has 2 saturated heterocycles. The Morgan fingerprint density at radius 1 is 0.978 bits per heavy atom. The number of likely N-dealkylation sites (tertiary alicyclic amines) is 1. The monoisotopic (exact) mass is 636 g/mol. The number of rotatable bonds is 8. The minimum absolute atomic E-state index is 0.149. The van der Waals surface area contributed by atoms with Crippen molar-refractivity contribution >= 4 is 23.8 Å². The van der Waals surface area contributed by atoms with Gasteiger partial charge in [0.05, 0.1) is 11.2 Å². The summed E-state index contributed by atoms with van der Waals surface area (Å²) in [4.78, 5) is 59.8. The van der Waals surface area contributed by atoms with Gasteiger partial charge in [-0.05, 0) is 89.5 Å². The zero-order chi connectivity index (χ0) is 33.4. The van der Waals surface area contributed by atoms with E-state index in [1.807, 2.05) is 45.0 Å². The maximum atomic E-state index is 12.8. The molecular weight excluding hydrogens is 588 g/mol. The number of anilines is 1. The third kappa shape index (κ3) is 8.05. The topological polar surface area (TPSA) is 155 Å². The third-order valence-corrected chi connectivity index (χ3v) is 9.09. The Labute approximate surface area is 270 Å². The molecule has 3 aliphatic rings. The van der Waals surface area contributed by atoms with Crippen molar-refractivity contribution < 1.29 is 19.1 Å². The summed E-state index contributed by atoms with van der Waals surface area (Å²) in [7, 11) is 0. The highest BCUT2D eigenvalue weighted by Crippen LogP contribution is 2.51. The number of hydrogen-bond donors (Lipinski definition) is 3. The summed E-state index contributed by atoms with van der Waals surface area (Å²) in [6.07, 6.45) is 2.15. The highest BCUT2D eigenvalue weighted by molar-refractivity contribution is 5.89. The fourth-order valence-corrected chi connectivity index (χ4v) is 6.50. The number of alkyl carbamates (subject to hydrolysis) is 1. The van der Waals surface area contributed by atoms with Gasteiger partial charge in [0.15, 0.2) is 0 Å². The van der Waals surface area contributed by atoms with Crippen LogP contribution in [0.4, 0.5) is 15.4 Å². The van der Waals surface area contributed by atoms with E-state index in [4.69, 9.17) is 10.5 Å². The molecule has 13 nitrogen and oxygen atoms in total. The molecule has 0 bridgehead atoms. The van der Waals surface area contributed by atoms with Gasteiger partial charge >= 0.3 is 17.8 Å². The summed E-state index contributed by atoms with van der Waals surface area (Å²) >= 11 is 0. The van der Waals surface area contributed by atoms with E-state index in [1.165, 1.54) is 10.1 Å². The summed E-state index contributed by atoms with van der Waals surface area (Å²) in [5.41, 5.74) is 5.86. The molecule has 1 aliphatic carbocycles. The standard InChI is InChI=1S/C33H48N8O5/c1-21(40-19-25-24(26(25)20-40)18-35-31(45)46-32(2,3)4)17-22-7-9-23(10-8-22)41-12-11-27(37-30(41)44)36-29(43)39-15-13-38(14-16-39)28(42)33(5,6)34/h7-12,21,24-26H,13-20,34H2,1-6H3,(H,35,45)(H,36,37,43,44)/t21?,24?,25-,26+. The number of piperidine rings is 1. The van der Waals surface area contributed by atoms with Crippen LogP contribution in [0.1, 0.15) is 47.1 Å². The zero-order valence-electron chi connectivity index (χ0n) is 27.8. The van der Waals surface area contributed by atoms with Crippen molar-refractivity contribution in [1.29, 1.82) is 0 Å². The molecule has 4 amide bonds. The van der Waals surface area contributed by atoms with Gasteiger partial charge in [0.2, 0.25) is 5.91 Å². The highest BCUT2D eigenvalue weighted by Gasteiger charge is 2.55. The van der Waals surface area contributed by atoms with Crippen LogP contribution < -0.4 is 22.1 Å². The van der Waals surface area contributed by atoms with Gasteiger partial charge in [0, 0.05) is 58.1 Å². The number of ether oxygens (including phenoxy) is 1. The Balaban J connectivity index is 1.07. The fourth-order valence-electron chi connectivity index (χ4n) is 6.50. The first-order chi connectivity index (χ1) is 21.6. The molecule has 1 aromatic heterocycles. The van der Waals surface area contributed by atoms with Crippen LogP contribution in [0.25, 0.3) is 5.69 Å². The van der Waals surface area contributed by atoms with Crippen LogP contribution in [0.5, 0.6) is 0 Å². The number of nitrogens with two attached hydrogens (primary N) is 1. The lowest BCUT2D eigenvalue weighted by molar-refractivity contribution is -0.137. The predicted octanol–water partition coefficient (Wildman–Crippen LogP) is 2.28. The molecule has 2 unspecified atom stereocenters. The molecule has 46 heavy (non-hydrogen) atoms. The number of carbonyl (C=O) groups is 3. The van der Waals surface area contributed by atoms with Crippen molar-refractivity contribution in [2.24, 2.45) is 23.5 Å². The average molecular weight is 637 g/mol. The molecule has 0 radical (unpaired) electrons. The molecule has 2 aromatic rings. The van der Waals surface area contributed by atoms with E-state index in [0.29, 0.717) is 62.2 Å². The smallest absolute Gasteiger partial charge is 0.407 e. The molecule has 3 fully saturated rings. The van der Waals surface area contributed by atoms with E-state index in [-0.39, 0.29) is 23.8 Å². The molecule has 2 aliphatic heterocycles. The van der Waals surface area contributed by atoms with Crippen LogP contribution in [0.15, 0.2) is 41.3 Å². The molecule has 250 valence electrons. The Morgan fingerprint density at radius 2 is 1.59 bits per heavy atom. The van der Waals surface area contributed by atoms with Gasteiger partial charge in [-0.25, -0.2) is 14.4 Å². The maximum Gasteiger partial charge on any atom is 0.407 e. The normalized spacial score (nSPS) is 22.2. The number of fused-ring (bicyclic) bond motifs is 1. The van der Waals surface area contributed by atoms with Crippen molar-refractivity contribution in [2.45, 2.75) is 65.1 Å². The number of aromatic nitrogens is 2. The second kappa shape index (κ2) is 13.0. The Kier molecular flexibility index (Phi) is 9.46. The minimum Gasteiger partial charge on any atom is -0.444 e. The third-order valence-electron chi connectivity index (χ3n) is 9.09. The molecule has 5 rings (SSSR count). The second-order valence-corrected chi connectivity index (χ2v) is 14.4. The molecule has 4 atom stereocenters. The number of benzene rings is 1. The van der Waals surface area contributed by atoms with Gasteiger partial charge in [-0.1, -0.05) is 12.1 Å². The summed E-state index contributed by atoms with van der Waals surface area (Å²) < 4.78 is 6.80. The maximum absolute atomic E-state index is 12.8. The van der Waals surface area contributed by atoms with Crippen LogP contribution >= 0.6 is 0 Å². The van der Waals surface area contributed by atoms with E-state index in [9.17, 15) is 19.2 Å². The number of carbonyl (C=O) groups excluding carboxylic acids is 3. The largest absolute Gasteiger partial charge is 0.444 e. The van der Waals surface area contributed by atoms with E-state index >= 15 is 0 Å². The van der Waals surface area contributed by atoms with Crippen molar-refractivity contribution in [3.63, 3.8) is 0 Å². The second-order valence-electron chi connectivity index (χ2n) is 14.4. The van der Waals surface area contributed by atoms with Gasteiger partial charge < -0.3 is 25.6 Å². The van der Waals surface area contributed by atoms with Gasteiger partial charge in [-0.2, -0.15) is 4.98 Å². The van der Waals surface area contributed by atoms with Crippen LogP contribution in [0.3, 0.4) is 0 Å². The molecule has 1 saturated carbocycles. The number of amides is 4. The van der Waals surface area contributed by atoms with Gasteiger partial charge in [-0.3, -0.25) is 19.6 Å². The number of hydrogen-bond acceptors (Lipinski definition) is 8. The van der Waals surface area contributed by atoms with E-state index < -0.39 is 16.8 Å². The Bertz CT molecular complexity index is 1480. The van der Waals surface area contributed by atoms with Crippen LogP contribution in [-0.4, -0.2) is 105 Å². The first-order valence-corrected chi connectivity index (χ1v) is 16.1. The quantitative estimate of drug-likeness (QED) is 0.399. The van der Waals surface area contributed by atoms with E-state index in [1.54, 1.807) is 35.9 Å². The Hall–Kier alpha value is -3.97. The van der Waals surface area contributed by atoms with E-state index in [2.05, 4.69) is 27.4 Å². The SMILES string of the molecule is CC(Cc1ccc(-n2ccc(NC(=O)N3CCN(C(=O)C(C)(C)N)CC3)nc2=O)cc1)N1C[C@@H]2C(CNC(=O)OC(C)(C)C)[C@@H]2C1. The van der Waals surface area contributed by atoms with Crippen molar-refractivity contribution in [3.05, 3.63) is 52.6 Å². The molecule has 1 aromatic carbocycles. The highest BCUT2D eigenvalue weighted by atomic mass is 16.6. The lowest BCUT2D eigenvalue weighted by Crippen LogP contribution is -2.58. The molecule has 4 N–H and O–H groups in total. The fraction of sp³-hybridized carbons (Fsp3) is 0.606. The molecule has 13 heteroatoms. The summed E-state index contributed by atoms with van der Waals surface area (Å²) in [6.45, 7) is 15.4. The van der Waals surface area contributed by atoms with Crippen LogP contribution in [-0.2, 0) is 16.0 Å². The number of nitrogens with zero attached hydrogens (tertiary/aromatic N) is 5. The van der Waals surface area contributed by atoms with Crippen molar-refractivity contribution in [1.82, 2.24) is 29.6 Å². The van der Waals surface area contributed by atoms with Gasteiger partial charge in [0.1, 0.15) is 11.4 Å². The van der Waals surface area contributed by atoms with Crippen LogP contribution in [0, 0.1) is 17.8 Å². The Morgan fingerprint density at radius 3 is 2.15 bits per heavy atom. The van der Waals surface area contributed by atoms with Crippen molar-refractivity contribution in [2.75, 3.05) is 51.1 Å². The first-order valence-electron chi connectivity index (χ1n) is 16.1. The van der Waals surface area contributed by atoms with Gasteiger partial charge in [0.25, 0.3) is 0 Å². The van der Waals surface area contributed by atoms with Gasteiger partial charge in [-0.15, -0.1) is 0 Å².